The van der Waals surface area contributed by atoms with Crippen LogP contribution in [0.15, 0.2) is 12.7 Å². The first-order valence-corrected chi connectivity index (χ1v) is 4.14. The molecular weight excluding hydrogens is 164 g/mol. The summed E-state index contributed by atoms with van der Waals surface area (Å²) in [6, 6.07) is 0. The fourth-order valence-electron chi connectivity index (χ4n) is 0.701. The van der Waals surface area contributed by atoms with Gasteiger partial charge in [-0.15, -0.1) is 18.2 Å². The quantitative estimate of drug-likeness (QED) is 0.365. The van der Waals surface area contributed by atoms with Gasteiger partial charge in [-0.25, -0.2) is 0 Å². The van der Waals surface area contributed by atoms with Crippen molar-refractivity contribution in [2.45, 2.75) is 25.9 Å². The van der Waals surface area contributed by atoms with Crippen molar-refractivity contribution in [2.75, 3.05) is 5.88 Å². The van der Waals surface area contributed by atoms with E-state index in [0.717, 1.165) is 6.42 Å². The third kappa shape index (κ3) is 4.85. The van der Waals surface area contributed by atoms with Gasteiger partial charge in [-0.1, -0.05) is 13.0 Å². The second-order valence-electron chi connectivity index (χ2n) is 2.18. The maximum Gasteiger partial charge on any atom is 0.321 e. The summed E-state index contributed by atoms with van der Waals surface area (Å²) in [6.45, 7) is 5.51. The molecule has 0 heterocycles. The Labute approximate surface area is 72.2 Å². The molecule has 11 heavy (non-hydrogen) atoms. The summed E-state index contributed by atoms with van der Waals surface area (Å²) in [5, 5.41) is 0. The van der Waals surface area contributed by atoms with Gasteiger partial charge in [0.05, 0.1) is 0 Å². The minimum absolute atomic E-state index is 0.0567. The van der Waals surface area contributed by atoms with Crippen molar-refractivity contribution in [2.24, 2.45) is 0 Å². The Morgan fingerprint density at radius 3 is 2.82 bits per heavy atom. The van der Waals surface area contributed by atoms with E-state index in [-0.39, 0.29) is 18.0 Å². The maximum absolute atomic E-state index is 10.7. The van der Waals surface area contributed by atoms with Crippen molar-refractivity contribution in [3.8, 4) is 0 Å². The van der Waals surface area contributed by atoms with Crippen molar-refractivity contribution in [1.82, 2.24) is 0 Å². The number of ether oxygens (including phenoxy) is 1. The maximum atomic E-state index is 10.7. The number of carbonyl (C=O) groups is 1. The van der Waals surface area contributed by atoms with Crippen LogP contribution in [0.3, 0.4) is 0 Å². The summed E-state index contributed by atoms with van der Waals surface area (Å²) in [5.74, 6) is -0.437. The van der Waals surface area contributed by atoms with Crippen molar-refractivity contribution in [3.05, 3.63) is 12.7 Å². The molecule has 3 heteroatoms. The molecule has 0 rings (SSSR count). The number of carbonyl (C=O) groups excluding carboxylic acids is 1. The highest BCUT2D eigenvalue weighted by atomic mass is 35.5. The first kappa shape index (κ1) is 10.5. The molecule has 0 amide bonds. The summed E-state index contributed by atoms with van der Waals surface area (Å²) < 4.78 is 4.95. The Bertz CT molecular complexity index is 134. The summed E-state index contributed by atoms with van der Waals surface area (Å²) in [6.07, 6.45) is 3.17. The van der Waals surface area contributed by atoms with Gasteiger partial charge in [0.2, 0.25) is 0 Å². The fourth-order valence-corrected chi connectivity index (χ4v) is 0.764. The van der Waals surface area contributed by atoms with Gasteiger partial charge in [-0.3, -0.25) is 4.79 Å². The van der Waals surface area contributed by atoms with Crippen molar-refractivity contribution in [3.63, 3.8) is 0 Å². The zero-order valence-corrected chi connectivity index (χ0v) is 7.43. The van der Waals surface area contributed by atoms with Crippen LogP contribution in [0.1, 0.15) is 19.8 Å². The number of hydrogen-bond acceptors (Lipinski definition) is 2. The van der Waals surface area contributed by atoms with E-state index < -0.39 is 0 Å². The molecule has 0 aliphatic carbocycles. The van der Waals surface area contributed by atoms with Crippen LogP contribution in [0.5, 0.6) is 0 Å². The largest absolute Gasteiger partial charge is 0.461 e. The van der Waals surface area contributed by atoms with Crippen LogP contribution in [0.2, 0.25) is 0 Å². The second-order valence-corrected chi connectivity index (χ2v) is 2.45. The first-order valence-electron chi connectivity index (χ1n) is 3.60. The van der Waals surface area contributed by atoms with Gasteiger partial charge in [0.1, 0.15) is 12.0 Å². The van der Waals surface area contributed by atoms with Gasteiger partial charge in [0.25, 0.3) is 0 Å². The molecule has 2 nitrogen and oxygen atoms in total. The first-order chi connectivity index (χ1) is 5.24. The molecule has 0 aromatic rings. The molecule has 0 aliphatic heterocycles. The van der Waals surface area contributed by atoms with E-state index in [1.54, 1.807) is 6.08 Å². The monoisotopic (exact) mass is 176 g/mol. The average molecular weight is 177 g/mol. The Balaban J connectivity index is 3.67. The molecule has 64 valence electrons. The molecule has 0 saturated carbocycles. The smallest absolute Gasteiger partial charge is 0.321 e. The topological polar surface area (TPSA) is 26.3 Å². The Morgan fingerprint density at radius 2 is 2.45 bits per heavy atom. The molecule has 1 unspecified atom stereocenters. The van der Waals surface area contributed by atoms with Crippen molar-refractivity contribution in [1.29, 1.82) is 0 Å². The van der Waals surface area contributed by atoms with Crippen molar-refractivity contribution < 1.29 is 9.53 Å². The van der Waals surface area contributed by atoms with Crippen LogP contribution < -0.4 is 0 Å². The normalized spacial score (nSPS) is 12.2. The molecule has 0 N–H and O–H groups in total. The predicted octanol–water partition coefficient (Wildman–Crippen LogP) is 2.12. The van der Waals surface area contributed by atoms with Gasteiger partial charge >= 0.3 is 5.97 Å². The molecule has 0 fully saturated rings. The highest BCUT2D eigenvalue weighted by molar-refractivity contribution is 6.26. The highest BCUT2D eigenvalue weighted by Crippen LogP contribution is 2.04. The predicted molar refractivity (Wildman–Crippen MR) is 45.7 cm³/mol. The van der Waals surface area contributed by atoms with Crippen LogP contribution in [0, 0.1) is 0 Å². The summed E-state index contributed by atoms with van der Waals surface area (Å²) >= 11 is 5.25. The molecule has 0 radical (unpaired) electrons. The number of rotatable bonds is 5. The zero-order valence-electron chi connectivity index (χ0n) is 6.68. The Hall–Kier alpha value is -0.500. The van der Waals surface area contributed by atoms with E-state index in [4.69, 9.17) is 16.3 Å². The third-order valence-electron chi connectivity index (χ3n) is 1.29. The molecular formula is C8H13ClO2. The van der Waals surface area contributed by atoms with Gasteiger partial charge in [0.15, 0.2) is 0 Å². The minimum Gasteiger partial charge on any atom is -0.461 e. The lowest BCUT2D eigenvalue weighted by molar-refractivity contribution is -0.145. The number of halogens is 1. The zero-order chi connectivity index (χ0) is 8.69. The lowest BCUT2D eigenvalue weighted by Gasteiger charge is -2.12. The lowest BCUT2D eigenvalue weighted by atomic mass is 10.2. The van der Waals surface area contributed by atoms with E-state index in [1.807, 2.05) is 6.92 Å². The van der Waals surface area contributed by atoms with E-state index in [0.29, 0.717) is 6.42 Å². The fraction of sp³-hybridized carbons (Fsp3) is 0.625. The van der Waals surface area contributed by atoms with E-state index in [2.05, 4.69) is 6.58 Å². The number of alkyl halides is 1. The summed E-state index contributed by atoms with van der Waals surface area (Å²) in [5.41, 5.74) is 0. The SMILES string of the molecule is C=CCC(CC)OC(=O)CCl. The van der Waals surface area contributed by atoms with Crippen LogP contribution in [-0.2, 0) is 9.53 Å². The average Bonchev–Trinajstić information content (AvgIpc) is 2.03. The number of hydrogen-bond donors (Lipinski definition) is 0. The molecule has 0 aromatic carbocycles. The van der Waals surface area contributed by atoms with Gasteiger partial charge in [0, 0.05) is 6.42 Å². The molecule has 0 aliphatic rings. The van der Waals surface area contributed by atoms with Crippen LogP contribution in [-0.4, -0.2) is 18.0 Å². The highest BCUT2D eigenvalue weighted by Gasteiger charge is 2.08. The molecule has 0 bridgehead atoms. The van der Waals surface area contributed by atoms with E-state index >= 15 is 0 Å². The van der Waals surface area contributed by atoms with Crippen molar-refractivity contribution >= 4 is 17.6 Å². The van der Waals surface area contributed by atoms with E-state index in [1.165, 1.54) is 0 Å². The molecule has 0 spiro atoms. The lowest BCUT2D eigenvalue weighted by Crippen LogP contribution is -2.17. The standard InChI is InChI=1S/C8H13ClO2/c1-3-5-7(4-2)11-8(10)6-9/h3,7H,1,4-6H2,2H3. The van der Waals surface area contributed by atoms with Gasteiger partial charge in [-0.05, 0) is 6.42 Å². The number of esters is 1. The van der Waals surface area contributed by atoms with Crippen LogP contribution in [0.4, 0.5) is 0 Å². The second kappa shape index (κ2) is 6.23. The van der Waals surface area contributed by atoms with E-state index in [9.17, 15) is 4.79 Å². The third-order valence-corrected chi connectivity index (χ3v) is 1.51. The molecule has 1 atom stereocenters. The summed E-state index contributed by atoms with van der Waals surface area (Å²) in [7, 11) is 0. The molecule has 0 saturated heterocycles. The van der Waals surface area contributed by atoms with Gasteiger partial charge < -0.3 is 4.74 Å². The Kier molecular flexibility index (Phi) is 5.94. The molecule has 0 aromatic heterocycles. The minimum atomic E-state index is -0.361. The summed E-state index contributed by atoms with van der Waals surface area (Å²) in [4.78, 5) is 10.7. The van der Waals surface area contributed by atoms with Gasteiger partial charge in [-0.2, -0.15) is 0 Å². The Morgan fingerprint density at radius 1 is 1.82 bits per heavy atom. The van der Waals surface area contributed by atoms with Crippen LogP contribution >= 0.6 is 11.6 Å². The van der Waals surface area contributed by atoms with Crippen LogP contribution in [0.25, 0.3) is 0 Å².